The number of nitrogens with one attached hydrogen (secondary N) is 1. The molecule has 0 aromatic heterocycles. The zero-order valence-corrected chi connectivity index (χ0v) is 18.8. The summed E-state index contributed by atoms with van der Waals surface area (Å²) in [6.07, 6.45) is 1.82. The van der Waals surface area contributed by atoms with E-state index < -0.39 is 10.0 Å². The Morgan fingerprint density at radius 2 is 1.48 bits per heavy atom. The van der Waals surface area contributed by atoms with Gasteiger partial charge in [-0.2, -0.15) is 4.31 Å². The Kier molecular flexibility index (Phi) is 5.78. The number of nitrogens with zero attached hydrogens (tertiary/aromatic N) is 1. The van der Waals surface area contributed by atoms with Crippen molar-refractivity contribution in [2.75, 3.05) is 19.9 Å². The molecule has 5 rings (SSSR count). The number of ether oxygens (including phenoxy) is 2. The molecule has 0 saturated carbocycles. The molecule has 2 aliphatic heterocycles. The van der Waals surface area contributed by atoms with Crippen molar-refractivity contribution in [2.45, 2.75) is 24.3 Å². The second-order valence-corrected chi connectivity index (χ2v) is 10.0. The van der Waals surface area contributed by atoms with E-state index in [1.54, 1.807) is 40.7 Å². The number of carbonyl (C=O) groups excluding carboxylic acids is 1. The Morgan fingerprint density at radius 3 is 2.18 bits per heavy atom. The van der Waals surface area contributed by atoms with Crippen LogP contribution in [0, 0.1) is 0 Å². The fourth-order valence-electron chi connectivity index (χ4n) is 4.05. The highest BCUT2D eigenvalue weighted by molar-refractivity contribution is 7.89. The summed E-state index contributed by atoms with van der Waals surface area (Å²) in [6, 6.07) is 19.7. The van der Waals surface area contributed by atoms with Crippen LogP contribution in [0.15, 0.2) is 71.6 Å². The molecule has 7 nitrogen and oxygen atoms in total. The van der Waals surface area contributed by atoms with Gasteiger partial charge in [-0.3, -0.25) is 4.79 Å². The van der Waals surface area contributed by atoms with Crippen molar-refractivity contribution >= 4 is 15.9 Å². The van der Waals surface area contributed by atoms with Gasteiger partial charge in [0.1, 0.15) is 0 Å². The van der Waals surface area contributed by atoms with Crippen molar-refractivity contribution in [3.63, 3.8) is 0 Å². The van der Waals surface area contributed by atoms with Crippen LogP contribution in [0.25, 0.3) is 11.1 Å². The zero-order chi connectivity index (χ0) is 22.8. The predicted octanol–water partition coefficient (Wildman–Crippen LogP) is 3.80. The molecule has 2 aliphatic rings. The maximum Gasteiger partial charge on any atom is 0.251 e. The molecule has 0 bridgehead atoms. The van der Waals surface area contributed by atoms with E-state index in [0.717, 1.165) is 29.5 Å². The Morgan fingerprint density at radius 1 is 0.848 bits per heavy atom. The molecule has 33 heavy (non-hydrogen) atoms. The third-order valence-electron chi connectivity index (χ3n) is 5.93. The van der Waals surface area contributed by atoms with Crippen molar-refractivity contribution in [1.82, 2.24) is 9.62 Å². The number of fused-ring (bicyclic) bond motifs is 1. The highest BCUT2D eigenvalue weighted by Gasteiger charge is 2.26. The van der Waals surface area contributed by atoms with Crippen LogP contribution in [-0.4, -0.2) is 38.5 Å². The van der Waals surface area contributed by atoms with Gasteiger partial charge in [-0.15, -0.1) is 0 Å². The summed E-state index contributed by atoms with van der Waals surface area (Å²) in [6.45, 7) is 1.77. The molecule has 170 valence electrons. The molecule has 0 aliphatic carbocycles. The highest BCUT2D eigenvalue weighted by Crippen LogP contribution is 2.32. The summed E-state index contributed by atoms with van der Waals surface area (Å²) >= 11 is 0. The van der Waals surface area contributed by atoms with E-state index in [1.165, 1.54) is 0 Å². The first kappa shape index (κ1) is 21.5. The van der Waals surface area contributed by atoms with Gasteiger partial charge in [0.15, 0.2) is 11.5 Å². The van der Waals surface area contributed by atoms with E-state index in [-0.39, 0.29) is 12.7 Å². The van der Waals surface area contributed by atoms with Crippen LogP contribution in [0.2, 0.25) is 0 Å². The van der Waals surface area contributed by atoms with Gasteiger partial charge in [0.25, 0.3) is 5.91 Å². The van der Waals surface area contributed by atoms with E-state index >= 15 is 0 Å². The molecule has 2 heterocycles. The Hall–Kier alpha value is -3.36. The van der Waals surface area contributed by atoms with Crippen LogP contribution < -0.4 is 14.8 Å². The lowest BCUT2D eigenvalue weighted by Gasteiger charge is -2.15. The molecule has 0 unspecified atom stereocenters. The van der Waals surface area contributed by atoms with Crippen LogP contribution >= 0.6 is 0 Å². The Bertz CT molecular complexity index is 1270. The molecule has 3 aromatic rings. The van der Waals surface area contributed by atoms with Gasteiger partial charge in [0.2, 0.25) is 16.8 Å². The Labute approximate surface area is 193 Å². The molecule has 0 spiro atoms. The van der Waals surface area contributed by atoms with Gasteiger partial charge in [0, 0.05) is 25.2 Å². The van der Waals surface area contributed by atoms with Crippen LogP contribution in [-0.2, 0) is 16.6 Å². The van der Waals surface area contributed by atoms with Crippen LogP contribution in [0.1, 0.15) is 28.8 Å². The number of sulfonamides is 1. The number of rotatable bonds is 6. The molecular weight excluding hydrogens is 440 g/mol. The van der Waals surface area contributed by atoms with Crippen LogP contribution in [0.5, 0.6) is 11.5 Å². The maximum absolute atomic E-state index is 12.7. The van der Waals surface area contributed by atoms with E-state index in [9.17, 15) is 13.2 Å². The first-order chi connectivity index (χ1) is 16.0. The molecule has 1 amide bonds. The fourth-order valence-corrected chi connectivity index (χ4v) is 5.56. The van der Waals surface area contributed by atoms with Crippen LogP contribution in [0.3, 0.4) is 0 Å². The third-order valence-corrected chi connectivity index (χ3v) is 7.84. The van der Waals surface area contributed by atoms with Crippen molar-refractivity contribution in [3.8, 4) is 22.6 Å². The lowest BCUT2D eigenvalue weighted by Crippen LogP contribution is -2.27. The number of carbonyl (C=O) groups is 1. The van der Waals surface area contributed by atoms with E-state index in [1.807, 2.05) is 30.3 Å². The average molecular weight is 465 g/mol. The minimum absolute atomic E-state index is 0.175. The van der Waals surface area contributed by atoms with Crippen molar-refractivity contribution < 1.29 is 22.7 Å². The van der Waals surface area contributed by atoms with Gasteiger partial charge in [-0.25, -0.2) is 8.42 Å². The fraction of sp³-hybridized carbons (Fsp3) is 0.240. The van der Waals surface area contributed by atoms with E-state index in [0.29, 0.717) is 41.6 Å². The van der Waals surface area contributed by atoms with Crippen LogP contribution in [0.4, 0.5) is 0 Å². The Balaban J connectivity index is 1.23. The highest BCUT2D eigenvalue weighted by atomic mass is 32.2. The zero-order valence-electron chi connectivity index (χ0n) is 18.0. The summed E-state index contributed by atoms with van der Waals surface area (Å²) in [5.41, 5.74) is 3.27. The van der Waals surface area contributed by atoms with Gasteiger partial charge in [-0.1, -0.05) is 30.3 Å². The molecule has 8 heteroatoms. The first-order valence-corrected chi connectivity index (χ1v) is 12.3. The number of hydrogen-bond acceptors (Lipinski definition) is 5. The van der Waals surface area contributed by atoms with Crippen molar-refractivity contribution in [3.05, 3.63) is 77.9 Å². The summed E-state index contributed by atoms with van der Waals surface area (Å²) in [4.78, 5) is 12.9. The minimum Gasteiger partial charge on any atom is -0.454 e. The van der Waals surface area contributed by atoms with Gasteiger partial charge >= 0.3 is 0 Å². The molecule has 3 aromatic carbocycles. The van der Waals surface area contributed by atoms with E-state index in [2.05, 4.69) is 5.32 Å². The SMILES string of the molecule is O=C(NCc1ccc2c(c1)OCO2)c1ccc(-c2ccc(S(=O)(=O)N3CCCC3)cc2)cc1. The second-order valence-electron chi connectivity index (χ2n) is 8.08. The van der Waals surface area contributed by atoms with Crippen molar-refractivity contribution in [2.24, 2.45) is 0 Å². The summed E-state index contributed by atoms with van der Waals surface area (Å²) < 4.78 is 37.6. The molecule has 0 atom stereocenters. The largest absolute Gasteiger partial charge is 0.454 e. The maximum atomic E-state index is 12.7. The summed E-state index contributed by atoms with van der Waals surface area (Å²) in [7, 11) is -3.42. The van der Waals surface area contributed by atoms with Gasteiger partial charge < -0.3 is 14.8 Å². The number of hydrogen-bond donors (Lipinski definition) is 1. The topological polar surface area (TPSA) is 84.9 Å². The monoisotopic (exact) mass is 464 g/mol. The van der Waals surface area contributed by atoms with Gasteiger partial charge in [0.05, 0.1) is 4.90 Å². The second kappa shape index (κ2) is 8.88. The smallest absolute Gasteiger partial charge is 0.251 e. The van der Waals surface area contributed by atoms with Crippen molar-refractivity contribution in [1.29, 1.82) is 0 Å². The average Bonchev–Trinajstić information content (AvgIpc) is 3.55. The summed E-state index contributed by atoms with van der Waals surface area (Å²) in [5, 5.41) is 2.91. The molecule has 1 N–H and O–H groups in total. The van der Waals surface area contributed by atoms with Gasteiger partial charge in [-0.05, 0) is 65.9 Å². The quantitative estimate of drug-likeness (QED) is 0.600. The molecule has 1 fully saturated rings. The summed E-state index contributed by atoms with van der Waals surface area (Å²) in [5.74, 6) is 1.22. The molecule has 0 radical (unpaired) electrons. The molecular formula is C25H24N2O5S. The minimum atomic E-state index is -3.42. The van der Waals surface area contributed by atoms with E-state index in [4.69, 9.17) is 9.47 Å². The lowest BCUT2D eigenvalue weighted by molar-refractivity contribution is 0.0951. The third kappa shape index (κ3) is 4.44. The molecule has 1 saturated heterocycles. The number of amides is 1. The number of benzene rings is 3. The standard InChI is InChI=1S/C25H24N2O5S/c28-25(26-16-18-3-12-23-24(15-18)32-17-31-23)21-6-4-19(5-7-21)20-8-10-22(11-9-20)33(29,30)27-13-1-2-14-27/h3-12,15H,1-2,13-14,16-17H2,(H,26,28). The predicted molar refractivity (Wildman–Crippen MR) is 124 cm³/mol. The first-order valence-electron chi connectivity index (χ1n) is 10.9. The normalized spacial score (nSPS) is 15.5. The lowest BCUT2D eigenvalue weighted by atomic mass is 10.0.